The number of carbonyl (C=O) groups excluding carboxylic acids is 2. The Balaban J connectivity index is 2.10. The maximum atomic E-state index is 12.2. The fourth-order valence-corrected chi connectivity index (χ4v) is 2.02. The normalized spacial score (nSPS) is 11.0. The number of carboxylic acids is 1. The van der Waals surface area contributed by atoms with E-state index in [-0.39, 0.29) is 5.76 Å². The Morgan fingerprint density at radius 3 is 2.21 bits per heavy atom. The molecule has 2 aromatic rings. The van der Waals surface area contributed by atoms with Gasteiger partial charge in [-0.1, -0.05) is 0 Å². The Bertz CT molecular complexity index is 775. The maximum absolute atomic E-state index is 12.2. The van der Waals surface area contributed by atoms with Gasteiger partial charge in [0.15, 0.2) is 0 Å². The van der Waals surface area contributed by atoms with Gasteiger partial charge in [0, 0.05) is 18.2 Å². The van der Waals surface area contributed by atoms with Crippen LogP contribution < -0.4 is 10.6 Å². The van der Waals surface area contributed by atoms with Gasteiger partial charge < -0.3 is 20.2 Å². The van der Waals surface area contributed by atoms with Crippen LogP contribution in [0, 0.1) is 6.92 Å². The van der Waals surface area contributed by atoms with Crippen LogP contribution in [0.2, 0.25) is 0 Å². The van der Waals surface area contributed by atoms with E-state index < -0.39 is 23.3 Å². The Hall–Kier alpha value is -3.09. The van der Waals surface area contributed by atoms with Crippen LogP contribution in [0.5, 0.6) is 0 Å². The molecule has 1 aromatic heterocycles. The summed E-state index contributed by atoms with van der Waals surface area (Å²) in [5.41, 5.74) is 0.0977. The zero-order valence-corrected chi connectivity index (χ0v) is 13.3. The number of rotatable bonds is 5. The average molecular weight is 329 g/mol. The summed E-state index contributed by atoms with van der Waals surface area (Å²) in [6.45, 7) is 6.32. The van der Waals surface area contributed by atoms with Gasteiger partial charge in [-0.3, -0.25) is 9.59 Å². The second-order valence-electron chi connectivity index (χ2n) is 5.67. The third-order valence-electron chi connectivity index (χ3n) is 3.26. The molecule has 0 saturated carbocycles. The van der Waals surface area contributed by atoms with Crippen molar-refractivity contribution in [2.45, 2.75) is 19.4 Å². The number of carboxylic acid groups (broad SMARTS) is 1. The van der Waals surface area contributed by atoms with E-state index in [1.807, 2.05) is 0 Å². The molecule has 0 bridgehead atoms. The highest BCUT2D eigenvalue weighted by Crippen LogP contribution is 2.24. The minimum absolute atomic E-state index is 0.145. The first kappa shape index (κ1) is 17.3. The summed E-state index contributed by atoms with van der Waals surface area (Å²) in [6.07, 6.45) is 0. The SMILES string of the molecule is [CH2]C(=O)NC(C)(C)C(=O)Nc1ccc(-c2ccc(C(=O)O)o2)cc1. The van der Waals surface area contributed by atoms with Crippen LogP contribution in [-0.4, -0.2) is 28.4 Å². The molecule has 0 aliphatic rings. The first-order valence-electron chi connectivity index (χ1n) is 7.08. The number of furan rings is 1. The lowest BCUT2D eigenvalue weighted by atomic mass is 10.0. The summed E-state index contributed by atoms with van der Waals surface area (Å²) in [5.74, 6) is -1.81. The fraction of sp³-hybridized carbons (Fsp3) is 0.176. The smallest absolute Gasteiger partial charge is 0.371 e. The molecule has 2 amide bonds. The van der Waals surface area contributed by atoms with Crippen LogP contribution in [0.25, 0.3) is 11.3 Å². The third kappa shape index (κ3) is 4.01. The first-order valence-corrected chi connectivity index (χ1v) is 7.08. The van der Waals surface area contributed by atoms with Crippen molar-refractivity contribution in [3.63, 3.8) is 0 Å². The molecule has 7 nitrogen and oxygen atoms in total. The fourth-order valence-electron chi connectivity index (χ4n) is 2.02. The molecular weight excluding hydrogens is 312 g/mol. The number of amides is 2. The predicted molar refractivity (Wildman–Crippen MR) is 87.3 cm³/mol. The third-order valence-corrected chi connectivity index (χ3v) is 3.26. The number of hydrogen-bond donors (Lipinski definition) is 3. The van der Waals surface area contributed by atoms with E-state index in [2.05, 4.69) is 17.6 Å². The Labute approximate surface area is 138 Å². The van der Waals surface area contributed by atoms with Gasteiger partial charge in [0.25, 0.3) is 0 Å². The molecule has 1 aromatic carbocycles. The van der Waals surface area contributed by atoms with Gasteiger partial charge in [0.1, 0.15) is 11.3 Å². The zero-order chi connectivity index (χ0) is 17.9. The molecule has 7 heteroatoms. The van der Waals surface area contributed by atoms with Gasteiger partial charge in [-0.15, -0.1) is 0 Å². The predicted octanol–water partition coefficient (Wildman–Crippen LogP) is 2.31. The molecule has 0 saturated heterocycles. The number of nitrogens with one attached hydrogen (secondary N) is 2. The number of carbonyl (C=O) groups is 3. The van der Waals surface area contributed by atoms with Crippen LogP contribution in [0.3, 0.4) is 0 Å². The summed E-state index contributed by atoms with van der Waals surface area (Å²) in [7, 11) is 0. The van der Waals surface area contributed by atoms with Crippen molar-refractivity contribution < 1.29 is 23.9 Å². The van der Waals surface area contributed by atoms with Crippen molar-refractivity contribution in [1.82, 2.24) is 5.32 Å². The second kappa shape index (κ2) is 6.57. The van der Waals surface area contributed by atoms with E-state index in [4.69, 9.17) is 9.52 Å². The van der Waals surface area contributed by atoms with Crippen molar-refractivity contribution in [1.29, 1.82) is 0 Å². The Morgan fingerprint density at radius 2 is 1.71 bits per heavy atom. The highest BCUT2D eigenvalue weighted by atomic mass is 16.4. The quantitative estimate of drug-likeness (QED) is 0.780. The van der Waals surface area contributed by atoms with E-state index in [1.54, 1.807) is 44.2 Å². The van der Waals surface area contributed by atoms with Crippen molar-refractivity contribution in [2.24, 2.45) is 0 Å². The summed E-state index contributed by atoms with van der Waals surface area (Å²) < 4.78 is 5.21. The van der Waals surface area contributed by atoms with Gasteiger partial charge in [0.05, 0.1) is 0 Å². The van der Waals surface area contributed by atoms with E-state index in [1.165, 1.54) is 6.07 Å². The minimum atomic E-state index is -1.14. The molecule has 0 aliphatic carbocycles. The number of aromatic carboxylic acids is 1. The van der Waals surface area contributed by atoms with Crippen LogP contribution in [-0.2, 0) is 9.59 Å². The van der Waals surface area contributed by atoms with Gasteiger partial charge in [-0.25, -0.2) is 4.79 Å². The molecule has 0 unspecified atom stereocenters. The van der Waals surface area contributed by atoms with Crippen LogP contribution in [0.1, 0.15) is 24.4 Å². The van der Waals surface area contributed by atoms with Crippen LogP contribution >= 0.6 is 0 Å². The molecule has 1 heterocycles. The number of hydrogen-bond acceptors (Lipinski definition) is 4. The highest BCUT2D eigenvalue weighted by molar-refractivity contribution is 6.00. The average Bonchev–Trinajstić information content (AvgIpc) is 2.96. The second-order valence-corrected chi connectivity index (χ2v) is 5.67. The summed E-state index contributed by atoms with van der Waals surface area (Å²) >= 11 is 0. The van der Waals surface area contributed by atoms with E-state index >= 15 is 0 Å². The van der Waals surface area contributed by atoms with Crippen LogP contribution in [0.4, 0.5) is 5.69 Å². The minimum Gasteiger partial charge on any atom is -0.475 e. The van der Waals surface area contributed by atoms with Gasteiger partial charge in [0.2, 0.25) is 17.6 Å². The van der Waals surface area contributed by atoms with Crippen molar-refractivity contribution in [3.8, 4) is 11.3 Å². The van der Waals surface area contributed by atoms with Crippen molar-refractivity contribution in [3.05, 3.63) is 49.1 Å². The van der Waals surface area contributed by atoms with Crippen molar-refractivity contribution >= 4 is 23.5 Å². The van der Waals surface area contributed by atoms with E-state index in [0.29, 0.717) is 17.0 Å². The highest BCUT2D eigenvalue weighted by Gasteiger charge is 2.28. The standard InChI is InChI=1S/C17H17N2O5/c1-10(20)19-17(2,3)16(23)18-12-6-4-11(5-7-12)13-8-9-14(24-13)15(21)22/h4-9H,1H2,2-3H3,(H,18,23)(H,19,20)(H,21,22). The maximum Gasteiger partial charge on any atom is 0.371 e. The van der Waals surface area contributed by atoms with E-state index in [0.717, 1.165) is 0 Å². The summed E-state index contributed by atoms with van der Waals surface area (Å²) in [5, 5.41) is 14.0. The number of anilines is 1. The lowest BCUT2D eigenvalue weighted by Crippen LogP contribution is -2.51. The Morgan fingerprint density at radius 1 is 1.08 bits per heavy atom. The largest absolute Gasteiger partial charge is 0.475 e. The number of benzene rings is 1. The monoisotopic (exact) mass is 329 g/mol. The molecule has 125 valence electrons. The molecule has 3 N–H and O–H groups in total. The molecule has 0 atom stereocenters. The lowest BCUT2D eigenvalue weighted by Gasteiger charge is -2.24. The lowest BCUT2D eigenvalue weighted by molar-refractivity contribution is -0.127. The van der Waals surface area contributed by atoms with Crippen LogP contribution in [0.15, 0.2) is 40.8 Å². The van der Waals surface area contributed by atoms with Crippen molar-refractivity contribution in [2.75, 3.05) is 5.32 Å². The molecule has 0 fully saturated rings. The molecule has 1 radical (unpaired) electrons. The van der Waals surface area contributed by atoms with E-state index in [9.17, 15) is 14.4 Å². The zero-order valence-electron chi connectivity index (χ0n) is 13.3. The molecular formula is C17H17N2O5. The van der Waals surface area contributed by atoms with Gasteiger partial charge in [-0.05, 0) is 50.2 Å². The van der Waals surface area contributed by atoms with Gasteiger partial charge >= 0.3 is 5.97 Å². The molecule has 0 spiro atoms. The summed E-state index contributed by atoms with van der Waals surface area (Å²) in [6, 6.07) is 9.61. The molecule has 0 aliphatic heterocycles. The van der Waals surface area contributed by atoms with Gasteiger partial charge in [-0.2, -0.15) is 0 Å². The topological polar surface area (TPSA) is 109 Å². The first-order chi connectivity index (χ1) is 11.2. The molecule has 2 rings (SSSR count). The molecule has 24 heavy (non-hydrogen) atoms. The Kier molecular flexibility index (Phi) is 4.73. The summed E-state index contributed by atoms with van der Waals surface area (Å²) in [4.78, 5) is 34.0.